The van der Waals surface area contributed by atoms with Gasteiger partial charge in [-0.05, 0) is 18.6 Å². The third-order valence-corrected chi connectivity index (χ3v) is 3.25. The van der Waals surface area contributed by atoms with Crippen LogP contribution in [0.25, 0.3) is 0 Å². The van der Waals surface area contributed by atoms with Crippen molar-refractivity contribution in [2.24, 2.45) is 0 Å². The lowest BCUT2D eigenvalue weighted by Crippen LogP contribution is -2.32. The summed E-state index contributed by atoms with van der Waals surface area (Å²) in [5.41, 5.74) is 0. The molecule has 0 radical (unpaired) electrons. The molecule has 1 aromatic carbocycles. The summed E-state index contributed by atoms with van der Waals surface area (Å²) in [4.78, 5) is 11.8. The van der Waals surface area contributed by atoms with Crippen molar-refractivity contribution in [2.45, 2.75) is 24.3 Å². The summed E-state index contributed by atoms with van der Waals surface area (Å²) in [6.45, 7) is 2.08. The molecule has 0 heterocycles. The van der Waals surface area contributed by atoms with Crippen LogP contribution < -0.4 is 5.32 Å². The molecule has 94 valence electrons. The third-order valence-electron chi connectivity index (χ3n) is 2.20. The molecule has 0 aromatic heterocycles. The predicted octanol–water partition coefficient (Wildman–Crippen LogP) is 1.80. The average Bonchev–Trinajstić information content (AvgIpc) is 2.35. The summed E-state index contributed by atoms with van der Waals surface area (Å²) in [7, 11) is 0. The number of hydrogen-bond donors (Lipinski definition) is 2. The van der Waals surface area contributed by atoms with Crippen LogP contribution in [0.5, 0.6) is 0 Å². The van der Waals surface area contributed by atoms with E-state index in [9.17, 15) is 14.3 Å². The Labute approximate surface area is 104 Å². The Morgan fingerprint density at radius 2 is 2.24 bits per heavy atom. The van der Waals surface area contributed by atoms with Gasteiger partial charge in [0.1, 0.15) is 5.82 Å². The first-order valence-electron chi connectivity index (χ1n) is 5.45. The number of amides is 1. The molecular formula is C12H16FNO2S. The lowest BCUT2D eigenvalue weighted by Gasteiger charge is -2.09. The summed E-state index contributed by atoms with van der Waals surface area (Å²) < 4.78 is 13.2. The fraction of sp³-hybridized carbons (Fsp3) is 0.417. The van der Waals surface area contributed by atoms with E-state index in [-0.39, 0.29) is 24.0 Å². The highest BCUT2D eigenvalue weighted by Gasteiger charge is 2.07. The molecule has 1 aromatic rings. The molecule has 0 aliphatic rings. The molecular weight excluding hydrogens is 241 g/mol. The van der Waals surface area contributed by atoms with E-state index in [1.54, 1.807) is 18.2 Å². The summed E-state index contributed by atoms with van der Waals surface area (Å²) in [5, 5.41) is 11.8. The van der Waals surface area contributed by atoms with Crippen molar-refractivity contribution in [3.8, 4) is 0 Å². The smallest absolute Gasteiger partial charge is 0.230 e. The second-order valence-corrected chi connectivity index (χ2v) is 4.60. The molecule has 0 bridgehead atoms. The van der Waals surface area contributed by atoms with Crippen LogP contribution in [0, 0.1) is 5.82 Å². The number of halogens is 1. The molecule has 3 nitrogen and oxygen atoms in total. The normalized spacial score (nSPS) is 12.2. The minimum atomic E-state index is -0.516. The molecule has 1 amide bonds. The Morgan fingerprint density at radius 1 is 1.53 bits per heavy atom. The first kappa shape index (κ1) is 14.0. The van der Waals surface area contributed by atoms with Gasteiger partial charge in [0.2, 0.25) is 5.91 Å². The van der Waals surface area contributed by atoms with Gasteiger partial charge < -0.3 is 10.4 Å². The van der Waals surface area contributed by atoms with Gasteiger partial charge in [-0.1, -0.05) is 19.1 Å². The molecule has 1 rings (SSSR count). The zero-order valence-electron chi connectivity index (χ0n) is 9.65. The van der Waals surface area contributed by atoms with Crippen LogP contribution in [0.2, 0.25) is 0 Å². The first-order chi connectivity index (χ1) is 8.13. The molecule has 0 spiro atoms. The number of nitrogens with one attached hydrogen (secondary N) is 1. The van der Waals surface area contributed by atoms with Gasteiger partial charge in [0, 0.05) is 11.4 Å². The van der Waals surface area contributed by atoms with Crippen molar-refractivity contribution in [1.82, 2.24) is 5.32 Å². The molecule has 17 heavy (non-hydrogen) atoms. The molecule has 0 aliphatic carbocycles. The standard InChI is InChI=1S/C12H16FNO2S/c1-2-9(15)7-14-12(16)8-17-11-6-4-3-5-10(11)13/h3-6,9,15H,2,7-8H2,1H3,(H,14,16). The van der Waals surface area contributed by atoms with Crippen LogP contribution in [0.3, 0.4) is 0 Å². The maximum atomic E-state index is 13.2. The highest BCUT2D eigenvalue weighted by atomic mass is 32.2. The van der Waals surface area contributed by atoms with Crippen LogP contribution in [0.15, 0.2) is 29.2 Å². The predicted molar refractivity (Wildman–Crippen MR) is 66.4 cm³/mol. The zero-order valence-corrected chi connectivity index (χ0v) is 10.5. The van der Waals surface area contributed by atoms with E-state index >= 15 is 0 Å². The maximum Gasteiger partial charge on any atom is 0.230 e. The Morgan fingerprint density at radius 3 is 2.88 bits per heavy atom. The van der Waals surface area contributed by atoms with E-state index in [4.69, 9.17) is 0 Å². The van der Waals surface area contributed by atoms with Crippen molar-refractivity contribution in [2.75, 3.05) is 12.3 Å². The lowest BCUT2D eigenvalue weighted by molar-refractivity contribution is -0.119. The third kappa shape index (κ3) is 5.19. The number of carbonyl (C=O) groups excluding carboxylic acids is 1. The molecule has 0 saturated carbocycles. The Kier molecular flexibility index (Phi) is 6.00. The van der Waals surface area contributed by atoms with Crippen LogP contribution in [-0.2, 0) is 4.79 Å². The van der Waals surface area contributed by atoms with Gasteiger partial charge in [-0.3, -0.25) is 4.79 Å². The van der Waals surface area contributed by atoms with Crippen LogP contribution >= 0.6 is 11.8 Å². The summed E-state index contributed by atoms with van der Waals surface area (Å²) in [6.07, 6.45) is 0.0817. The Bertz CT molecular complexity index is 373. The molecule has 1 atom stereocenters. The SMILES string of the molecule is CCC(O)CNC(=O)CSc1ccccc1F. The molecule has 0 aliphatic heterocycles. The van der Waals surface area contributed by atoms with Gasteiger partial charge in [-0.2, -0.15) is 0 Å². The van der Waals surface area contributed by atoms with Crippen molar-refractivity contribution >= 4 is 17.7 Å². The van der Waals surface area contributed by atoms with Gasteiger partial charge in [-0.15, -0.1) is 11.8 Å². The molecule has 0 fully saturated rings. The average molecular weight is 257 g/mol. The van der Waals surface area contributed by atoms with Crippen molar-refractivity contribution in [1.29, 1.82) is 0 Å². The van der Waals surface area contributed by atoms with Crippen LogP contribution in [-0.4, -0.2) is 29.4 Å². The summed E-state index contributed by atoms with van der Waals surface area (Å²) >= 11 is 1.15. The number of benzene rings is 1. The lowest BCUT2D eigenvalue weighted by atomic mass is 10.3. The van der Waals surface area contributed by atoms with E-state index < -0.39 is 6.10 Å². The van der Waals surface area contributed by atoms with Gasteiger partial charge >= 0.3 is 0 Å². The number of hydrogen-bond acceptors (Lipinski definition) is 3. The zero-order chi connectivity index (χ0) is 12.7. The number of aliphatic hydroxyl groups is 1. The monoisotopic (exact) mass is 257 g/mol. The number of rotatable bonds is 6. The van der Waals surface area contributed by atoms with Crippen LogP contribution in [0.1, 0.15) is 13.3 Å². The second kappa shape index (κ2) is 7.29. The topological polar surface area (TPSA) is 49.3 Å². The van der Waals surface area contributed by atoms with Crippen LogP contribution in [0.4, 0.5) is 4.39 Å². The Hall–Kier alpha value is -1.07. The summed E-state index contributed by atoms with van der Waals surface area (Å²) in [6, 6.07) is 6.33. The largest absolute Gasteiger partial charge is 0.391 e. The summed E-state index contributed by atoms with van der Waals surface area (Å²) in [5.74, 6) is -0.373. The van der Waals surface area contributed by atoms with E-state index in [2.05, 4.69) is 5.32 Å². The van der Waals surface area contributed by atoms with Gasteiger partial charge in [0.05, 0.1) is 11.9 Å². The number of thioether (sulfide) groups is 1. The quantitative estimate of drug-likeness (QED) is 0.764. The van der Waals surface area contributed by atoms with Gasteiger partial charge in [-0.25, -0.2) is 4.39 Å². The fourth-order valence-electron chi connectivity index (χ4n) is 1.13. The number of carbonyl (C=O) groups is 1. The maximum absolute atomic E-state index is 13.2. The molecule has 5 heteroatoms. The highest BCUT2D eigenvalue weighted by Crippen LogP contribution is 2.20. The number of aliphatic hydroxyl groups excluding tert-OH is 1. The van der Waals surface area contributed by atoms with Gasteiger partial charge in [0.15, 0.2) is 0 Å². The van der Waals surface area contributed by atoms with Crippen molar-refractivity contribution < 1.29 is 14.3 Å². The molecule has 0 saturated heterocycles. The highest BCUT2D eigenvalue weighted by molar-refractivity contribution is 8.00. The minimum absolute atomic E-state index is 0.150. The Balaban J connectivity index is 2.31. The van der Waals surface area contributed by atoms with Gasteiger partial charge in [0.25, 0.3) is 0 Å². The van der Waals surface area contributed by atoms with Crippen molar-refractivity contribution in [3.05, 3.63) is 30.1 Å². The fourth-order valence-corrected chi connectivity index (χ4v) is 1.90. The minimum Gasteiger partial charge on any atom is -0.391 e. The van der Waals surface area contributed by atoms with E-state index in [0.29, 0.717) is 11.3 Å². The molecule has 1 unspecified atom stereocenters. The molecule has 2 N–H and O–H groups in total. The second-order valence-electron chi connectivity index (χ2n) is 3.59. The van der Waals surface area contributed by atoms with E-state index in [0.717, 1.165) is 11.8 Å². The van der Waals surface area contributed by atoms with E-state index in [1.165, 1.54) is 6.07 Å². The van der Waals surface area contributed by atoms with E-state index in [1.807, 2.05) is 6.92 Å². The first-order valence-corrected chi connectivity index (χ1v) is 6.44. The van der Waals surface area contributed by atoms with Crippen molar-refractivity contribution in [3.63, 3.8) is 0 Å².